The Bertz CT molecular complexity index is 335. The second-order valence-electron chi connectivity index (χ2n) is 5.34. The largest absolute Gasteiger partial charge is 0.457 e. The van der Waals surface area contributed by atoms with Gasteiger partial charge in [-0.3, -0.25) is 0 Å². The Hall–Kier alpha value is -1.00. The Morgan fingerprint density at radius 3 is 2.33 bits per heavy atom. The summed E-state index contributed by atoms with van der Waals surface area (Å²) in [6, 6.07) is 0. The van der Waals surface area contributed by atoms with Crippen LogP contribution in [0.2, 0.25) is 0 Å². The summed E-state index contributed by atoms with van der Waals surface area (Å²) in [5.41, 5.74) is 0. The van der Waals surface area contributed by atoms with Crippen molar-refractivity contribution in [3.05, 3.63) is 11.9 Å². The van der Waals surface area contributed by atoms with E-state index in [1.807, 2.05) is 20.8 Å². The number of ether oxygens (including phenoxy) is 1. The molecule has 0 aromatic carbocycles. The van der Waals surface area contributed by atoms with E-state index in [2.05, 4.69) is 0 Å². The molecule has 0 aliphatic heterocycles. The number of halogens is 3. The van der Waals surface area contributed by atoms with Crippen molar-refractivity contribution in [2.75, 3.05) is 0 Å². The lowest BCUT2D eigenvalue weighted by Crippen LogP contribution is -2.36. The Labute approximate surface area is 105 Å². The number of carbonyl (C=O) groups excluding carboxylic acids is 1. The Balaban J connectivity index is 2.72. The van der Waals surface area contributed by atoms with E-state index >= 15 is 0 Å². The molecule has 0 spiro atoms. The summed E-state index contributed by atoms with van der Waals surface area (Å²) in [5.74, 6) is -2.87. The van der Waals surface area contributed by atoms with Crippen LogP contribution in [-0.4, -0.2) is 12.1 Å². The van der Waals surface area contributed by atoms with Crippen LogP contribution < -0.4 is 0 Å². The fourth-order valence-electron chi connectivity index (χ4n) is 2.52. The highest BCUT2D eigenvalue weighted by Gasteiger charge is 2.34. The summed E-state index contributed by atoms with van der Waals surface area (Å²) in [5, 5.41) is 0. The smallest absolute Gasteiger partial charge is 0.373 e. The van der Waals surface area contributed by atoms with E-state index in [4.69, 9.17) is 4.74 Å². The van der Waals surface area contributed by atoms with Crippen molar-refractivity contribution in [2.24, 2.45) is 17.8 Å². The van der Waals surface area contributed by atoms with E-state index in [-0.39, 0.29) is 11.8 Å². The van der Waals surface area contributed by atoms with Crippen molar-refractivity contribution in [2.45, 2.75) is 46.1 Å². The molecule has 1 saturated carbocycles. The third kappa shape index (κ3) is 3.75. The Morgan fingerprint density at radius 1 is 1.22 bits per heavy atom. The first-order valence-corrected chi connectivity index (χ1v) is 6.24. The summed E-state index contributed by atoms with van der Waals surface area (Å²) >= 11 is 0. The molecular weight excluding hydrogens is 245 g/mol. The zero-order valence-corrected chi connectivity index (χ0v) is 10.9. The topological polar surface area (TPSA) is 26.3 Å². The molecule has 0 heterocycles. The van der Waals surface area contributed by atoms with Gasteiger partial charge in [0.2, 0.25) is 0 Å². The molecular formula is C13H19F3O2. The van der Waals surface area contributed by atoms with Gasteiger partial charge in [0.25, 0.3) is 5.83 Å². The molecule has 1 rings (SSSR count). The molecule has 1 fully saturated rings. The molecule has 0 unspecified atom stereocenters. The first-order valence-electron chi connectivity index (χ1n) is 6.24. The number of hydrogen-bond acceptors (Lipinski definition) is 2. The van der Waals surface area contributed by atoms with Crippen LogP contribution in [0.3, 0.4) is 0 Å². The third-order valence-corrected chi connectivity index (χ3v) is 3.56. The normalized spacial score (nSPS) is 28.1. The zero-order chi connectivity index (χ0) is 13.9. The van der Waals surface area contributed by atoms with E-state index in [9.17, 15) is 18.0 Å². The van der Waals surface area contributed by atoms with Crippen molar-refractivity contribution in [3.8, 4) is 0 Å². The van der Waals surface area contributed by atoms with E-state index in [1.165, 1.54) is 0 Å². The zero-order valence-electron chi connectivity index (χ0n) is 10.9. The van der Waals surface area contributed by atoms with Crippen molar-refractivity contribution in [1.29, 1.82) is 0 Å². The standard InChI is InChI=1S/C13H19F3O2/c1-7(2)9-5-4-8(3)6-10(9)18-13(17)11(14)12(15)16/h7-10H,4-6H2,1-3H3/t8-,9+,10-/m1/s1. The lowest BCUT2D eigenvalue weighted by Gasteiger charge is -2.36. The highest BCUT2D eigenvalue weighted by molar-refractivity contribution is 5.86. The quantitative estimate of drug-likeness (QED) is 0.567. The fraction of sp³-hybridized carbons (Fsp3) is 0.769. The molecule has 0 radical (unpaired) electrons. The number of carbonyl (C=O) groups is 1. The van der Waals surface area contributed by atoms with Crippen LogP contribution in [0.25, 0.3) is 0 Å². The van der Waals surface area contributed by atoms with E-state index < -0.39 is 24.0 Å². The average molecular weight is 264 g/mol. The second kappa shape index (κ2) is 6.25. The predicted octanol–water partition coefficient (Wildman–Crippen LogP) is 4.07. The molecule has 1 aliphatic rings. The summed E-state index contributed by atoms with van der Waals surface area (Å²) in [7, 11) is 0. The molecule has 5 heteroatoms. The molecule has 0 aromatic heterocycles. The summed E-state index contributed by atoms with van der Waals surface area (Å²) in [6.07, 6.45) is -0.584. The minimum Gasteiger partial charge on any atom is -0.457 e. The predicted molar refractivity (Wildman–Crippen MR) is 61.6 cm³/mol. The van der Waals surface area contributed by atoms with Crippen molar-refractivity contribution >= 4 is 5.97 Å². The van der Waals surface area contributed by atoms with Gasteiger partial charge in [-0.15, -0.1) is 0 Å². The lowest BCUT2D eigenvalue weighted by molar-refractivity contribution is -0.153. The Kier molecular flexibility index (Phi) is 5.23. The molecule has 0 aromatic rings. The molecule has 18 heavy (non-hydrogen) atoms. The second-order valence-corrected chi connectivity index (χ2v) is 5.34. The van der Waals surface area contributed by atoms with Gasteiger partial charge in [-0.05, 0) is 30.6 Å². The van der Waals surface area contributed by atoms with Gasteiger partial charge >= 0.3 is 12.0 Å². The first-order chi connectivity index (χ1) is 8.32. The molecule has 3 atom stereocenters. The summed E-state index contributed by atoms with van der Waals surface area (Å²) in [6.45, 7) is 5.99. The third-order valence-electron chi connectivity index (χ3n) is 3.56. The van der Waals surface area contributed by atoms with E-state index in [1.54, 1.807) is 0 Å². The first kappa shape index (κ1) is 15.1. The molecule has 0 amide bonds. The molecule has 1 aliphatic carbocycles. The monoisotopic (exact) mass is 264 g/mol. The number of hydrogen-bond donors (Lipinski definition) is 0. The van der Waals surface area contributed by atoms with Crippen molar-refractivity contribution in [3.63, 3.8) is 0 Å². The van der Waals surface area contributed by atoms with Gasteiger partial charge in [0.1, 0.15) is 6.10 Å². The van der Waals surface area contributed by atoms with Gasteiger partial charge in [-0.1, -0.05) is 27.2 Å². The van der Waals surface area contributed by atoms with E-state index in [0.717, 1.165) is 12.8 Å². The maximum absolute atomic E-state index is 12.8. The van der Waals surface area contributed by atoms with Crippen LogP contribution in [0.15, 0.2) is 11.9 Å². The van der Waals surface area contributed by atoms with Crippen molar-refractivity contribution < 1.29 is 22.7 Å². The van der Waals surface area contributed by atoms with Gasteiger partial charge in [0, 0.05) is 0 Å². The average Bonchev–Trinajstić information content (AvgIpc) is 2.27. The van der Waals surface area contributed by atoms with Crippen LogP contribution in [0.4, 0.5) is 13.2 Å². The fourth-order valence-corrected chi connectivity index (χ4v) is 2.52. The van der Waals surface area contributed by atoms with Gasteiger partial charge in [-0.25, -0.2) is 4.79 Å². The van der Waals surface area contributed by atoms with Crippen molar-refractivity contribution in [1.82, 2.24) is 0 Å². The number of esters is 1. The van der Waals surface area contributed by atoms with Crippen LogP contribution in [-0.2, 0) is 9.53 Å². The van der Waals surface area contributed by atoms with Crippen LogP contribution >= 0.6 is 0 Å². The van der Waals surface area contributed by atoms with Gasteiger partial charge < -0.3 is 4.74 Å². The molecule has 2 nitrogen and oxygen atoms in total. The van der Waals surface area contributed by atoms with Crippen LogP contribution in [0.5, 0.6) is 0 Å². The lowest BCUT2D eigenvalue weighted by atomic mass is 9.75. The van der Waals surface area contributed by atoms with Gasteiger partial charge in [0.05, 0.1) is 0 Å². The molecule has 0 bridgehead atoms. The van der Waals surface area contributed by atoms with E-state index in [0.29, 0.717) is 12.3 Å². The minimum absolute atomic E-state index is 0.112. The maximum atomic E-state index is 12.8. The van der Waals surface area contributed by atoms with Gasteiger partial charge in [-0.2, -0.15) is 13.2 Å². The molecule has 104 valence electrons. The Morgan fingerprint density at radius 2 is 1.83 bits per heavy atom. The highest BCUT2D eigenvalue weighted by atomic mass is 19.3. The van der Waals surface area contributed by atoms with Crippen LogP contribution in [0.1, 0.15) is 40.0 Å². The number of rotatable bonds is 3. The van der Waals surface area contributed by atoms with Crippen LogP contribution in [0, 0.1) is 17.8 Å². The molecule has 0 N–H and O–H groups in total. The SMILES string of the molecule is CC(C)[C@@H]1CC[C@@H](C)C[C@H]1OC(=O)C(F)=C(F)F. The van der Waals surface area contributed by atoms with Gasteiger partial charge in [0.15, 0.2) is 0 Å². The molecule has 0 saturated heterocycles. The minimum atomic E-state index is -2.62. The summed E-state index contributed by atoms with van der Waals surface area (Å²) in [4.78, 5) is 11.2. The summed E-state index contributed by atoms with van der Waals surface area (Å²) < 4.78 is 41.6. The maximum Gasteiger partial charge on any atom is 0.373 e. The highest BCUT2D eigenvalue weighted by Crippen LogP contribution is 2.35.